The summed E-state index contributed by atoms with van der Waals surface area (Å²) in [4.78, 5) is 0. The third-order valence-electron chi connectivity index (χ3n) is 1.50. The molecule has 1 rings (SSSR count). The second-order valence-electron chi connectivity index (χ2n) is 2.33. The van der Waals surface area contributed by atoms with Gasteiger partial charge >= 0.3 is 0 Å². The minimum atomic E-state index is -0.0770. The highest BCUT2D eigenvalue weighted by Crippen LogP contribution is 2.27. The number of aliphatic hydroxyl groups is 1. The Bertz CT molecular complexity index is 305. The van der Waals surface area contributed by atoms with E-state index in [0.29, 0.717) is 11.3 Å². The van der Waals surface area contributed by atoms with Gasteiger partial charge in [0.25, 0.3) is 0 Å². The summed E-state index contributed by atoms with van der Waals surface area (Å²) >= 11 is 0. The maximum absolute atomic E-state index is 9.07. The molecule has 12 heavy (non-hydrogen) atoms. The summed E-state index contributed by atoms with van der Waals surface area (Å²) in [7, 11) is 1.46. The van der Waals surface area contributed by atoms with Crippen LogP contribution in [0.25, 0.3) is 5.76 Å². The molecule has 0 radical (unpaired) electrons. The topological polar surface area (TPSA) is 49.7 Å². The molecule has 3 heteroatoms. The summed E-state index contributed by atoms with van der Waals surface area (Å²) in [5.74, 6) is 0.422. The van der Waals surface area contributed by atoms with Crippen molar-refractivity contribution in [3.05, 3.63) is 30.3 Å². The monoisotopic (exact) mass is 166 g/mol. The molecule has 0 atom stereocenters. The summed E-state index contributed by atoms with van der Waals surface area (Å²) in [6.45, 7) is 3.36. The van der Waals surface area contributed by atoms with E-state index >= 15 is 0 Å². The lowest BCUT2D eigenvalue weighted by molar-refractivity contribution is 0.402. The van der Waals surface area contributed by atoms with Gasteiger partial charge in [-0.1, -0.05) is 6.58 Å². The van der Waals surface area contributed by atoms with Crippen molar-refractivity contribution in [3.8, 4) is 11.5 Å². The van der Waals surface area contributed by atoms with Crippen LogP contribution in [-0.2, 0) is 0 Å². The van der Waals surface area contributed by atoms with Crippen molar-refractivity contribution in [1.29, 1.82) is 0 Å². The minimum Gasteiger partial charge on any atom is -0.508 e. The van der Waals surface area contributed by atoms with Crippen LogP contribution >= 0.6 is 0 Å². The fourth-order valence-corrected chi connectivity index (χ4v) is 0.918. The first-order chi connectivity index (χ1) is 5.65. The standard InChI is InChI=1S/C9H10O3/c1-6(10)8-4-3-7(11)5-9(8)12-2/h3-5,10-11H,1H2,2H3. The smallest absolute Gasteiger partial charge is 0.133 e. The first kappa shape index (κ1) is 8.46. The van der Waals surface area contributed by atoms with Gasteiger partial charge in [-0.25, -0.2) is 0 Å². The van der Waals surface area contributed by atoms with Crippen LogP contribution in [0.15, 0.2) is 24.8 Å². The number of hydrogen-bond donors (Lipinski definition) is 2. The molecule has 2 N–H and O–H groups in total. The maximum atomic E-state index is 9.07. The van der Waals surface area contributed by atoms with Crippen LogP contribution in [0.3, 0.4) is 0 Å². The third-order valence-corrected chi connectivity index (χ3v) is 1.50. The van der Waals surface area contributed by atoms with Crippen molar-refractivity contribution in [3.63, 3.8) is 0 Å². The van der Waals surface area contributed by atoms with Gasteiger partial charge in [0.2, 0.25) is 0 Å². The number of methoxy groups -OCH3 is 1. The lowest BCUT2D eigenvalue weighted by Crippen LogP contribution is -1.89. The molecule has 1 aromatic rings. The van der Waals surface area contributed by atoms with Crippen molar-refractivity contribution in [2.45, 2.75) is 0 Å². The predicted molar refractivity (Wildman–Crippen MR) is 46.3 cm³/mol. The van der Waals surface area contributed by atoms with Gasteiger partial charge in [-0.3, -0.25) is 0 Å². The number of rotatable bonds is 2. The Morgan fingerprint density at radius 3 is 2.67 bits per heavy atom. The number of phenols is 1. The van der Waals surface area contributed by atoms with Gasteiger partial charge < -0.3 is 14.9 Å². The van der Waals surface area contributed by atoms with Crippen molar-refractivity contribution in [2.24, 2.45) is 0 Å². The largest absolute Gasteiger partial charge is 0.508 e. The average Bonchev–Trinajstić information content (AvgIpc) is 2.03. The van der Waals surface area contributed by atoms with Crippen LogP contribution < -0.4 is 4.74 Å². The van der Waals surface area contributed by atoms with Gasteiger partial charge in [0, 0.05) is 6.07 Å². The quantitative estimate of drug-likeness (QED) is 0.660. The number of ether oxygens (including phenoxy) is 1. The fourth-order valence-electron chi connectivity index (χ4n) is 0.918. The summed E-state index contributed by atoms with van der Waals surface area (Å²) in [6, 6.07) is 4.41. The second kappa shape index (κ2) is 3.17. The Morgan fingerprint density at radius 1 is 1.50 bits per heavy atom. The van der Waals surface area contributed by atoms with E-state index in [2.05, 4.69) is 6.58 Å². The van der Waals surface area contributed by atoms with Crippen LogP contribution in [0.2, 0.25) is 0 Å². The number of phenolic OH excluding ortho intramolecular Hbond substituents is 1. The van der Waals surface area contributed by atoms with Gasteiger partial charge in [-0.2, -0.15) is 0 Å². The Kier molecular flexibility index (Phi) is 2.24. The molecule has 0 amide bonds. The summed E-state index contributed by atoms with van der Waals surface area (Å²) in [5.41, 5.74) is 0.482. The number of hydrogen-bond acceptors (Lipinski definition) is 3. The number of benzene rings is 1. The summed E-state index contributed by atoms with van der Waals surface area (Å²) in [6.07, 6.45) is 0. The van der Waals surface area contributed by atoms with E-state index in [0.717, 1.165) is 0 Å². The van der Waals surface area contributed by atoms with Gasteiger partial charge in [0.05, 0.1) is 12.7 Å². The Labute approximate surface area is 70.5 Å². The van der Waals surface area contributed by atoms with E-state index in [4.69, 9.17) is 14.9 Å². The Morgan fingerprint density at radius 2 is 2.17 bits per heavy atom. The van der Waals surface area contributed by atoms with Crippen LogP contribution in [0, 0.1) is 0 Å². The summed E-state index contributed by atoms with van der Waals surface area (Å²) in [5, 5.41) is 18.1. The Balaban J connectivity index is 3.20. The van der Waals surface area contributed by atoms with Crippen molar-refractivity contribution < 1.29 is 14.9 Å². The highest BCUT2D eigenvalue weighted by molar-refractivity contribution is 5.63. The van der Waals surface area contributed by atoms with E-state index in [1.54, 1.807) is 0 Å². The number of aliphatic hydroxyl groups excluding tert-OH is 1. The van der Waals surface area contributed by atoms with Crippen molar-refractivity contribution in [2.75, 3.05) is 7.11 Å². The van der Waals surface area contributed by atoms with Crippen molar-refractivity contribution >= 4 is 5.76 Å². The lowest BCUT2D eigenvalue weighted by atomic mass is 10.1. The zero-order chi connectivity index (χ0) is 9.14. The first-order valence-corrected chi connectivity index (χ1v) is 3.40. The molecule has 64 valence electrons. The molecule has 0 bridgehead atoms. The van der Waals surface area contributed by atoms with Gasteiger partial charge in [0.1, 0.15) is 17.3 Å². The molecule has 0 aliphatic rings. The van der Waals surface area contributed by atoms with Gasteiger partial charge in [0.15, 0.2) is 0 Å². The second-order valence-corrected chi connectivity index (χ2v) is 2.33. The third kappa shape index (κ3) is 1.50. The first-order valence-electron chi connectivity index (χ1n) is 3.40. The average molecular weight is 166 g/mol. The van der Waals surface area contributed by atoms with Gasteiger partial charge in [-0.05, 0) is 12.1 Å². The van der Waals surface area contributed by atoms with E-state index in [1.807, 2.05) is 0 Å². The molecule has 3 nitrogen and oxygen atoms in total. The molecule has 1 aromatic carbocycles. The maximum Gasteiger partial charge on any atom is 0.133 e. The normalized spacial score (nSPS) is 9.42. The highest BCUT2D eigenvalue weighted by Gasteiger charge is 2.05. The Hall–Kier alpha value is -1.64. The highest BCUT2D eigenvalue weighted by atomic mass is 16.5. The molecule has 0 unspecified atom stereocenters. The SMILES string of the molecule is C=C(O)c1ccc(O)cc1OC. The van der Waals surface area contributed by atoms with Crippen LogP contribution in [0.4, 0.5) is 0 Å². The molecule has 0 aromatic heterocycles. The van der Waals surface area contributed by atoms with Crippen LogP contribution in [0.1, 0.15) is 5.56 Å². The predicted octanol–water partition coefficient (Wildman–Crippen LogP) is 1.93. The molecular formula is C9H10O3. The fraction of sp³-hybridized carbons (Fsp3) is 0.111. The summed E-state index contributed by atoms with van der Waals surface area (Å²) < 4.78 is 4.91. The molecule has 0 heterocycles. The van der Waals surface area contributed by atoms with E-state index in [1.165, 1.54) is 25.3 Å². The molecule has 0 aliphatic carbocycles. The zero-order valence-electron chi connectivity index (χ0n) is 6.74. The van der Waals surface area contributed by atoms with E-state index in [9.17, 15) is 0 Å². The molecular weight excluding hydrogens is 156 g/mol. The molecule has 0 saturated heterocycles. The van der Waals surface area contributed by atoms with Crippen molar-refractivity contribution in [1.82, 2.24) is 0 Å². The zero-order valence-corrected chi connectivity index (χ0v) is 6.74. The van der Waals surface area contributed by atoms with E-state index < -0.39 is 0 Å². The van der Waals surface area contributed by atoms with Crippen LogP contribution in [-0.4, -0.2) is 17.3 Å². The molecule has 0 fully saturated rings. The molecule has 0 spiro atoms. The van der Waals surface area contributed by atoms with Crippen LogP contribution in [0.5, 0.6) is 11.5 Å². The molecule has 0 saturated carbocycles. The minimum absolute atomic E-state index is 0.0770. The van der Waals surface area contributed by atoms with E-state index in [-0.39, 0.29) is 11.5 Å². The lowest BCUT2D eigenvalue weighted by Gasteiger charge is -2.06. The van der Waals surface area contributed by atoms with Gasteiger partial charge in [-0.15, -0.1) is 0 Å². The molecule has 0 aliphatic heterocycles. The number of aromatic hydroxyl groups is 1.